The Morgan fingerprint density at radius 1 is 1.25 bits per heavy atom. The number of hydrogen-bond acceptors (Lipinski definition) is 3. The minimum Gasteiger partial charge on any atom is -0.326 e. The van der Waals surface area contributed by atoms with Crippen molar-refractivity contribution >= 4 is 0 Å². The molecule has 0 bridgehead atoms. The smallest absolute Gasteiger partial charge is 0.138 e. The van der Waals surface area contributed by atoms with Crippen LogP contribution in [0.15, 0.2) is 30.6 Å². The van der Waals surface area contributed by atoms with Gasteiger partial charge in [0.05, 0.1) is 0 Å². The van der Waals surface area contributed by atoms with E-state index < -0.39 is 0 Å². The van der Waals surface area contributed by atoms with Gasteiger partial charge in [-0.15, -0.1) is 0 Å². The fourth-order valence-electron chi connectivity index (χ4n) is 1.79. The van der Waals surface area contributed by atoms with Crippen molar-refractivity contribution in [3.63, 3.8) is 0 Å². The predicted octanol–water partition coefficient (Wildman–Crippen LogP) is 1.35. The number of benzene rings is 1. The molecule has 0 fully saturated rings. The SMILES string of the molecule is CCn1ncnc1Cc1ccccc1CN. The zero-order valence-corrected chi connectivity index (χ0v) is 9.43. The van der Waals surface area contributed by atoms with Gasteiger partial charge in [-0.1, -0.05) is 24.3 Å². The van der Waals surface area contributed by atoms with Gasteiger partial charge in [-0.2, -0.15) is 5.10 Å². The van der Waals surface area contributed by atoms with Crippen molar-refractivity contribution < 1.29 is 0 Å². The van der Waals surface area contributed by atoms with E-state index >= 15 is 0 Å². The van der Waals surface area contributed by atoms with Crippen LogP contribution in [0.5, 0.6) is 0 Å². The van der Waals surface area contributed by atoms with Gasteiger partial charge >= 0.3 is 0 Å². The molecule has 16 heavy (non-hydrogen) atoms. The fraction of sp³-hybridized carbons (Fsp3) is 0.333. The molecular weight excluding hydrogens is 200 g/mol. The lowest BCUT2D eigenvalue weighted by molar-refractivity contribution is 0.624. The molecule has 0 spiro atoms. The summed E-state index contributed by atoms with van der Waals surface area (Å²) >= 11 is 0. The molecule has 4 heteroatoms. The van der Waals surface area contributed by atoms with Crippen molar-refractivity contribution in [2.24, 2.45) is 5.73 Å². The molecule has 0 aliphatic heterocycles. The van der Waals surface area contributed by atoms with Crippen LogP contribution in [0.1, 0.15) is 23.9 Å². The molecule has 0 atom stereocenters. The monoisotopic (exact) mass is 216 g/mol. The average Bonchev–Trinajstić information content (AvgIpc) is 2.77. The normalized spacial score (nSPS) is 10.6. The summed E-state index contributed by atoms with van der Waals surface area (Å²) in [6.07, 6.45) is 2.39. The molecule has 1 aromatic carbocycles. The molecule has 1 aromatic heterocycles. The van der Waals surface area contributed by atoms with Crippen LogP contribution < -0.4 is 5.73 Å². The summed E-state index contributed by atoms with van der Waals surface area (Å²) in [7, 11) is 0. The van der Waals surface area contributed by atoms with E-state index in [9.17, 15) is 0 Å². The molecule has 1 heterocycles. The second kappa shape index (κ2) is 4.90. The molecule has 4 nitrogen and oxygen atoms in total. The van der Waals surface area contributed by atoms with Crippen molar-refractivity contribution in [2.45, 2.75) is 26.4 Å². The van der Waals surface area contributed by atoms with Crippen molar-refractivity contribution in [3.8, 4) is 0 Å². The first kappa shape index (κ1) is 10.8. The predicted molar refractivity (Wildman–Crippen MR) is 62.8 cm³/mol. The van der Waals surface area contributed by atoms with Crippen LogP contribution >= 0.6 is 0 Å². The third-order valence-corrected chi connectivity index (χ3v) is 2.68. The molecule has 0 aliphatic rings. The van der Waals surface area contributed by atoms with Crippen molar-refractivity contribution in [1.82, 2.24) is 14.8 Å². The maximum atomic E-state index is 5.71. The highest BCUT2D eigenvalue weighted by Crippen LogP contribution is 2.12. The van der Waals surface area contributed by atoms with Gasteiger partial charge in [0.15, 0.2) is 0 Å². The molecule has 2 rings (SSSR count). The first-order valence-electron chi connectivity index (χ1n) is 5.48. The molecule has 2 aromatic rings. The van der Waals surface area contributed by atoms with E-state index in [4.69, 9.17) is 5.73 Å². The minimum absolute atomic E-state index is 0.566. The third-order valence-electron chi connectivity index (χ3n) is 2.68. The second-order valence-corrected chi connectivity index (χ2v) is 3.64. The van der Waals surface area contributed by atoms with Crippen molar-refractivity contribution in [3.05, 3.63) is 47.5 Å². The molecule has 84 valence electrons. The summed E-state index contributed by atoms with van der Waals surface area (Å²) in [6, 6.07) is 8.19. The van der Waals surface area contributed by atoms with Crippen LogP contribution in [-0.4, -0.2) is 14.8 Å². The summed E-state index contributed by atoms with van der Waals surface area (Å²) in [5, 5.41) is 4.16. The maximum Gasteiger partial charge on any atom is 0.138 e. The summed E-state index contributed by atoms with van der Waals surface area (Å²) in [5.41, 5.74) is 8.11. The Labute approximate surface area is 95.1 Å². The van der Waals surface area contributed by atoms with Crippen LogP contribution in [-0.2, 0) is 19.5 Å². The van der Waals surface area contributed by atoms with Crippen LogP contribution in [0, 0.1) is 0 Å². The summed E-state index contributed by atoms with van der Waals surface area (Å²) < 4.78 is 1.91. The summed E-state index contributed by atoms with van der Waals surface area (Å²) in [4.78, 5) is 4.27. The zero-order chi connectivity index (χ0) is 11.4. The lowest BCUT2D eigenvalue weighted by atomic mass is 10.0. The van der Waals surface area contributed by atoms with Crippen LogP contribution in [0.3, 0.4) is 0 Å². The van der Waals surface area contributed by atoms with Gasteiger partial charge in [-0.3, -0.25) is 4.68 Å². The highest BCUT2D eigenvalue weighted by atomic mass is 15.3. The Hall–Kier alpha value is -1.68. The number of rotatable bonds is 4. The molecule has 0 saturated heterocycles. The second-order valence-electron chi connectivity index (χ2n) is 3.64. The van der Waals surface area contributed by atoms with Gasteiger partial charge in [-0.25, -0.2) is 4.98 Å². The van der Waals surface area contributed by atoms with Gasteiger partial charge in [0.25, 0.3) is 0 Å². The Bertz CT molecular complexity index is 462. The largest absolute Gasteiger partial charge is 0.326 e. The molecule has 0 aliphatic carbocycles. The van der Waals surface area contributed by atoms with Gasteiger partial charge in [0, 0.05) is 19.5 Å². The Balaban J connectivity index is 2.26. The standard InChI is InChI=1S/C12H16N4/c1-2-16-12(14-9-15-16)7-10-5-3-4-6-11(10)8-13/h3-6,9H,2,7-8,13H2,1H3. The highest BCUT2D eigenvalue weighted by molar-refractivity contribution is 5.29. The van der Waals surface area contributed by atoms with Crippen LogP contribution in [0.2, 0.25) is 0 Å². The van der Waals surface area contributed by atoms with E-state index in [-0.39, 0.29) is 0 Å². The van der Waals surface area contributed by atoms with E-state index in [2.05, 4.69) is 29.1 Å². The Morgan fingerprint density at radius 2 is 2.00 bits per heavy atom. The number of nitrogens with zero attached hydrogens (tertiary/aromatic N) is 3. The molecule has 2 N–H and O–H groups in total. The van der Waals surface area contributed by atoms with E-state index in [1.165, 1.54) is 11.1 Å². The molecular formula is C12H16N4. The van der Waals surface area contributed by atoms with E-state index in [1.807, 2.05) is 16.8 Å². The summed E-state index contributed by atoms with van der Waals surface area (Å²) in [5.74, 6) is 0.989. The van der Waals surface area contributed by atoms with E-state index in [0.717, 1.165) is 18.8 Å². The maximum absolute atomic E-state index is 5.71. The number of hydrogen-bond donors (Lipinski definition) is 1. The molecule has 0 amide bonds. The first-order chi connectivity index (χ1) is 7.85. The third kappa shape index (κ3) is 2.12. The number of aryl methyl sites for hydroxylation is 1. The van der Waals surface area contributed by atoms with Crippen LogP contribution in [0.25, 0.3) is 0 Å². The fourth-order valence-corrected chi connectivity index (χ4v) is 1.79. The lowest BCUT2D eigenvalue weighted by Gasteiger charge is -2.07. The quantitative estimate of drug-likeness (QED) is 0.839. The van der Waals surface area contributed by atoms with E-state index in [0.29, 0.717) is 6.54 Å². The number of aromatic nitrogens is 3. The van der Waals surface area contributed by atoms with Crippen LogP contribution in [0.4, 0.5) is 0 Å². The Kier molecular flexibility index (Phi) is 3.31. The average molecular weight is 216 g/mol. The topological polar surface area (TPSA) is 56.7 Å². The van der Waals surface area contributed by atoms with E-state index in [1.54, 1.807) is 6.33 Å². The lowest BCUT2D eigenvalue weighted by Crippen LogP contribution is -2.07. The molecule has 0 unspecified atom stereocenters. The van der Waals surface area contributed by atoms with Crippen molar-refractivity contribution in [2.75, 3.05) is 0 Å². The van der Waals surface area contributed by atoms with Crippen molar-refractivity contribution in [1.29, 1.82) is 0 Å². The van der Waals surface area contributed by atoms with Gasteiger partial charge in [-0.05, 0) is 18.1 Å². The van der Waals surface area contributed by atoms with Gasteiger partial charge in [0.2, 0.25) is 0 Å². The minimum atomic E-state index is 0.566. The molecule has 0 saturated carbocycles. The van der Waals surface area contributed by atoms with Gasteiger partial charge in [0.1, 0.15) is 12.2 Å². The highest BCUT2D eigenvalue weighted by Gasteiger charge is 2.06. The summed E-state index contributed by atoms with van der Waals surface area (Å²) in [6.45, 7) is 3.48. The van der Waals surface area contributed by atoms with Gasteiger partial charge < -0.3 is 5.73 Å². The Morgan fingerprint density at radius 3 is 2.69 bits per heavy atom. The zero-order valence-electron chi connectivity index (χ0n) is 9.43. The molecule has 0 radical (unpaired) electrons. The first-order valence-corrected chi connectivity index (χ1v) is 5.48. The number of nitrogens with two attached hydrogens (primary N) is 1.